The molecule has 28 heavy (non-hydrogen) atoms. The molecule has 0 saturated heterocycles. The van der Waals surface area contributed by atoms with Gasteiger partial charge in [-0.2, -0.15) is 0 Å². The van der Waals surface area contributed by atoms with Gasteiger partial charge in [-0.1, -0.05) is 23.9 Å². The Labute approximate surface area is 166 Å². The number of thioether (sulfide) groups is 1. The molecule has 0 saturated carbocycles. The van der Waals surface area contributed by atoms with Crippen molar-refractivity contribution in [3.05, 3.63) is 54.4 Å². The molecule has 2 N–H and O–H groups in total. The van der Waals surface area contributed by atoms with E-state index in [1.807, 2.05) is 53.1 Å². The molecule has 0 fully saturated rings. The predicted molar refractivity (Wildman–Crippen MR) is 105 cm³/mol. The maximum absolute atomic E-state index is 11.2. The van der Waals surface area contributed by atoms with Crippen molar-refractivity contribution in [2.45, 2.75) is 11.8 Å². The molecule has 3 rings (SSSR count). The summed E-state index contributed by atoms with van der Waals surface area (Å²) in [5.74, 6) is 2.20. The first-order valence-electron chi connectivity index (χ1n) is 8.38. The number of carbonyl (C=O) groups is 1. The van der Waals surface area contributed by atoms with Crippen molar-refractivity contribution in [1.82, 2.24) is 14.8 Å². The molecule has 1 amide bonds. The number of hydrogen-bond acceptors (Lipinski definition) is 7. The summed E-state index contributed by atoms with van der Waals surface area (Å²) in [5, 5.41) is 8.96. The van der Waals surface area contributed by atoms with E-state index < -0.39 is 5.91 Å². The van der Waals surface area contributed by atoms with Crippen LogP contribution in [0.1, 0.15) is 5.82 Å². The van der Waals surface area contributed by atoms with Crippen molar-refractivity contribution in [2.75, 3.05) is 20.0 Å². The monoisotopic (exact) mass is 400 g/mol. The first-order chi connectivity index (χ1) is 13.6. The average molecular weight is 400 g/mol. The molecule has 0 radical (unpaired) electrons. The number of nitrogens with zero attached hydrogens (tertiary/aromatic N) is 3. The Bertz CT molecular complexity index is 943. The van der Waals surface area contributed by atoms with E-state index in [0.29, 0.717) is 22.5 Å². The largest absolute Gasteiger partial charge is 0.497 e. The number of carbonyl (C=O) groups excluding carboxylic acids is 1. The van der Waals surface area contributed by atoms with E-state index in [-0.39, 0.29) is 12.4 Å². The zero-order chi connectivity index (χ0) is 19.9. The molecule has 0 aliphatic rings. The minimum atomic E-state index is -0.430. The van der Waals surface area contributed by atoms with Gasteiger partial charge in [-0.15, -0.1) is 10.2 Å². The summed E-state index contributed by atoms with van der Waals surface area (Å²) in [5.41, 5.74) is 6.08. The Morgan fingerprint density at radius 2 is 1.75 bits per heavy atom. The first-order valence-corrected chi connectivity index (χ1v) is 9.36. The van der Waals surface area contributed by atoms with E-state index in [9.17, 15) is 4.79 Å². The fourth-order valence-electron chi connectivity index (χ4n) is 2.49. The van der Waals surface area contributed by atoms with Gasteiger partial charge in [0.1, 0.15) is 12.4 Å². The lowest BCUT2D eigenvalue weighted by Crippen LogP contribution is -2.14. The lowest BCUT2D eigenvalue weighted by Gasteiger charge is -2.13. The molecule has 0 atom stereocenters. The van der Waals surface area contributed by atoms with Gasteiger partial charge in [0, 0.05) is 5.69 Å². The van der Waals surface area contributed by atoms with E-state index in [0.717, 1.165) is 11.4 Å². The summed E-state index contributed by atoms with van der Waals surface area (Å²) < 4.78 is 18.2. The van der Waals surface area contributed by atoms with Crippen molar-refractivity contribution in [2.24, 2.45) is 5.73 Å². The number of rotatable bonds is 9. The Hall–Kier alpha value is -3.20. The number of nitrogens with two attached hydrogens (primary N) is 1. The highest BCUT2D eigenvalue weighted by Gasteiger charge is 2.17. The topological polar surface area (TPSA) is 101 Å². The van der Waals surface area contributed by atoms with Crippen LogP contribution in [0, 0.1) is 0 Å². The van der Waals surface area contributed by atoms with Crippen LogP contribution in [0.4, 0.5) is 0 Å². The second kappa shape index (κ2) is 9.14. The molecule has 1 heterocycles. The third kappa shape index (κ3) is 4.55. The van der Waals surface area contributed by atoms with Gasteiger partial charge in [-0.05, 0) is 36.4 Å². The third-order valence-electron chi connectivity index (χ3n) is 3.80. The average Bonchev–Trinajstić information content (AvgIpc) is 3.13. The van der Waals surface area contributed by atoms with Gasteiger partial charge < -0.3 is 19.9 Å². The van der Waals surface area contributed by atoms with Gasteiger partial charge in [0.05, 0.1) is 20.0 Å². The minimum absolute atomic E-state index is 0.0989. The molecule has 0 aliphatic heterocycles. The Kier molecular flexibility index (Phi) is 6.38. The zero-order valence-corrected chi connectivity index (χ0v) is 16.3. The fraction of sp³-hybridized carbons (Fsp3) is 0.211. The number of aromatic nitrogens is 3. The van der Waals surface area contributed by atoms with Crippen LogP contribution >= 0.6 is 11.8 Å². The van der Waals surface area contributed by atoms with Gasteiger partial charge in [-0.3, -0.25) is 9.36 Å². The van der Waals surface area contributed by atoms with E-state index in [4.69, 9.17) is 19.9 Å². The van der Waals surface area contributed by atoms with E-state index >= 15 is 0 Å². The van der Waals surface area contributed by atoms with Gasteiger partial charge in [0.2, 0.25) is 5.91 Å². The molecule has 1 aromatic heterocycles. The number of primary amides is 1. The highest BCUT2D eigenvalue weighted by molar-refractivity contribution is 7.99. The molecule has 9 heteroatoms. The highest BCUT2D eigenvalue weighted by atomic mass is 32.2. The minimum Gasteiger partial charge on any atom is -0.497 e. The van der Waals surface area contributed by atoms with Crippen LogP contribution in [0.3, 0.4) is 0 Å². The smallest absolute Gasteiger partial charge is 0.227 e. The SMILES string of the molecule is COc1ccc(-n2c(COc3ccccc3OC)nnc2SCC(N)=O)cc1. The summed E-state index contributed by atoms with van der Waals surface area (Å²) in [6.45, 7) is 0.163. The van der Waals surface area contributed by atoms with Gasteiger partial charge in [0.25, 0.3) is 0 Å². The van der Waals surface area contributed by atoms with Crippen molar-refractivity contribution in [3.8, 4) is 22.9 Å². The lowest BCUT2D eigenvalue weighted by atomic mass is 10.3. The maximum Gasteiger partial charge on any atom is 0.227 e. The molecule has 0 aliphatic carbocycles. The lowest BCUT2D eigenvalue weighted by molar-refractivity contribution is -0.115. The number of methoxy groups -OCH3 is 2. The van der Waals surface area contributed by atoms with Crippen molar-refractivity contribution < 1.29 is 19.0 Å². The highest BCUT2D eigenvalue weighted by Crippen LogP contribution is 2.28. The summed E-state index contributed by atoms with van der Waals surface area (Å²) in [4.78, 5) is 11.2. The number of para-hydroxylation sites is 2. The number of benzene rings is 2. The summed E-state index contributed by atoms with van der Waals surface area (Å²) in [6.07, 6.45) is 0. The summed E-state index contributed by atoms with van der Waals surface area (Å²) in [7, 11) is 3.19. The molecular formula is C19H20N4O4S. The van der Waals surface area contributed by atoms with Gasteiger partial charge in [0.15, 0.2) is 22.5 Å². The number of ether oxygens (including phenoxy) is 3. The molecular weight excluding hydrogens is 380 g/mol. The van der Waals surface area contributed by atoms with Crippen LogP contribution in [0.5, 0.6) is 17.2 Å². The summed E-state index contributed by atoms with van der Waals surface area (Å²) in [6, 6.07) is 14.8. The second-order valence-corrected chi connectivity index (χ2v) is 6.57. The standard InChI is InChI=1S/C19H20N4O4S/c1-25-14-9-7-13(8-10-14)23-18(21-22-19(23)28-12-17(20)24)11-27-16-6-4-3-5-15(16)26-2/h3-10H,11-12H2,1-2H3,(H2,20,24). The maximum atomic E-state index is 11.2. The second-order valence-electron chi connectivity index (χ2n) is 5.63. The molecule has 146 valence electrons. The molecule has 0 unspecified atom stereocenters. The zero-order valence-electron chi connectivity index (χ0n) is 15.5. The quantitative estimate of drug-likeness (QED) is 0.551. The van der Waals surface area contributed by atoms with Crippen molar-refractivity contribution in [1.29, 1.82) is 0 Å². The Balaban J connectivity index is 1.90. The van der Waals surface area contributed by atoms with Crippen LogP contribution in [0.15, 0.2) is 53.7 Å². The predicted octanol–water partition coefficient (Wildman–Crippen LogP) is 2.44. The number of amides is 1. The van der Waals surface area contributed by atoms with Crippen molar-refractivity contribution in [3.63, 3.8) is 0 Å². The molecule has 3 aromatic rings. The molecule has 0 spiro atoms. The van der Waals surface area contributed by atoms with Crippen molar-refractivity contribution >= 4 is 17.7 Å². The van der Waals surface area contributed by atoms with Crippen LogP contribution in [0.25, 0.3) is 5.69 Å². The fourth-order valence-corrected chi connectivity index (χ4v) is 3.20. The van der Waals surface area contributed by atoms with Crippen LogP contribution in [0.2, 0.25) is 0 Å². The van der Waals surface area contributed by atoms with E-state index in [1.165, 1.54) is 11.8 Å². The van der Waals surface area contributed by atoms with Crippen LogP contribution in [-0.4, -0.2) is 40.6 Å². The van der Waals surface area contributed by atoms with E-state index in [2.05, 4.69) is 10.2 Å². The first kappa shape index (κ1) is 19.6. The normalized spacial score (nSPS) is 10.5. The summed E-state index contributed by atoms with van der Waals surface area (Å²) >= 11 is 1.21. The van der Waals surface area contributed by atoms with Gasteiger partial charge in [-0.25, -0.2) is 0 Å². The third-order valence-corrected chi connectivity index (χ3v) is 4.75. The molecule has 8 nitrogen and oxygen atoms in total. The van der Waals surface area contributed by atoms with E-state index in [1.54, 1.807) is 14.2 Å². The van der Waals surface area contributed by atoms with Crippen LogP contribution < -0.4 is 19.9 Å². The molecule has 2 aromatic carbocycles. The van der Waals surface area contributed by atoms with Crippen LogP contribution in [-0.2, 0) is 11.4 Å². The molecule has 0 bridgehead atoms. The van der Waals surface area contributed by atoms with Gasteiger partial charge >= 0.3 is 0 Å². The Morgan fingerprint density at radius 1 is 1.04 bits per heavy atom. The Morgan fingerprint density at radius 3 is 2.39 bits per heavy atom. The number of hydrogen-bond donors (Lipinski definition) is 1.